The SMILES string of the molecule is C[C@H]1CN(C(=O)Nc2cccc(C(N)=O)c2)C[C@H](C)O1. The van der Waals surface area contributed by atoms with Crippen LogP contribution in [0.1, 0.15) is 24.2 Å². The topological polar surface area (TPSA) is 84.7 Å². The number of urea groups is 1. The molecule has 0 unspecified atom stereocenters. The minimum atomic E-state index is -0.519. The first-order chi connectivity index (χ1) is 9.45. The molecule has 6 nitrogen and oxygen atoms in total. The highest BCUT2D eigenvalue weighted by Gasteiger charge is 2.25. The molecule has 1 aromatic rings. The zero-order valence-corrected chi connectivity index (χ0v) is 11.6. The van der Waals surface area contributed by atoms with Crippen molar-refractivity contribution in [3.05, 3.63) is 29.8 Å². The Morgan fingerprint density at radius 2 is 1.95 bits per heavy atom. The largest absolute Gasteiger partial charge is 0.372 e. The average molecular weight is 277 g/mol. The van der Waals surface area contributed by atoms with Crippen molar-refractivity contribution in [1.82, 2.24) is 4.90 Å². The van der Waals surface area contributed by atoms with Crippen LogP contribution >= 0.6 is 0 Å². The van der Waals surface area contributed by atoms with E-state index in [1.165, 1.54) is 0 Å². The number of carbonyl (C=O) groups excluding carboxylic acids is 2. The molecule has 0 spiro atoms. The number of benzene rings is 1. The van der Waals surface area contributed by atoms with Crippen molar-refractivity contribution in [3.63, 3.8) is 0 Å². The number of anilines is 1. The van der Waals surface area contributed by atoms with E-state index in [0.29, 0.717) is 24.3 Å². The van der Waals surface area contributed by atoms with Gasteiger partial charge in [-0.05, 0) is 32.0 Å². The molecule has 1 aromatic carbocycles. The lowest BCUT2D eigenvalue weighted by molar-refractivity contribution is -0.0530. The molecule has 3 amide bonds. The molecule has 1 heterocycles. The number of ether oxygens (including phenoxy) is 1. The van der Waals surface area contributed by atoms with Crippen molar-refractivity contribution in [2.75, 3.05) is 18.4 Å². The number of amides is 3. The zero-order chi connectivity index (χ0) is 14.7. The van der Waals surface area contributed by atoms with Crippen LogP contribution in [0.4, 0.5) is 10.5 Å². The summed E-state index contributed by atoms with van der Waals surface area (Å²) in [4.78, 5) is 25.0. The molecule has 0 aromatic heterocycles. The summed E-state index contributed by atoms with van der Waals surface area (Å²) >= 11 is 0. The van der Waals surface area contributed by atoms with Gasteiger partial charge < -0.3 is 20.7 Å². The van der Waals surface area contributed by atoms with Crippen molar-refractivity contribution in [2.24, 2.45) is 5.73 Å². The Hall–Kier alpha value is -2.08. The van der Waals surface area contributed by atoms with Gasteiger partial charge in [0.05, 0.1) is 12.2 Å². The first-order valence-electron chi connectivity index (χ1n) is 6.57. The van der Waals surface area contributed by atoms with Gasteiger partial charge in [0.15, 0.2) is 0 Å². The van der Waals surface area contributed by atoms with Gasteiger partial charge in [-0.2, -0.15) is 0 Å². The van der Waals surface area contributed by atoms with Crippen LogP contribution in [0.25, 0.3) is 0 Å². The Morgan fingerprint density at radius 1 is 1.30 bits per heavy atom. The lowest BCUT2D eigenvalue weighted by atomic mass is 10.2. The monoisotopic (exact) mass is 277 g/mol. The second kappa shape index (κ2) is 5.92. The molecule has 1 saturated heterocycles. The van der Waals surface area contributed by atoms with Crippen LogP contribution in [0.2, 0.25) is 0 Å². The van der Waals surface area contributed by atoms with Gasteiger partial charge in [-0.3, -0.25) is 4.79 Å². The van der Waals surface area contributed by atoms with Crippen LogP contribution in [0.5, 0.6) is 0 Å². The first kappa shape index (κ1) is 14.3. The summed E-state index contributed by atoms with van der Waals surface area (Å²) in [6.45, 7) is 4.96. The third-order valence-corrected chi connectivity index (χ3v) is 3.11. The predicted octanol–water partition coefficient (Wildman–Crippen LogP) is 1.43. The molecule has 2 rings (SSSR count). The van der Waals surface area contributed by atoms with Gasteiger partial charge in [0.25, 0.3) is 0 Å². The Kier molecular flexibility index (Phi) is 4.24. The summed E-state index contributed by atoms with van der Waals surface area (Å²) in [5, 5.41) is 2.77. The van der Waals surface area contributed by atoms with Gasteiger partial charge >= 0.3 is 6.03 Å². The highest BCUT2D eigenvalue weighted by Crippen LogP contribution is 2.14. The fourth-order valence-electron chi connectivity index (χ4n) is 2.30. The van der Waals surface area contributed by atoms with Crippen molar-refractivity contribution < 1.29 is 14.3 Å². The maximum absolute atomic E-state index is 12.2. The maximum Gasteiger partial charge on any atom is 0.322 e. The van der Waals surface area contributed by atoms with Crippen molar-refractivity contribution in [1.29, 1.82) is 0 Å². The Balaban J connectivity index is 2.04. The zero-order valence-electron chi connectivity index (χ0n) is 11.6. The van der Waals surface area contributed by atoms with E-state index in [-0.39, 0.29) is 18.2 Å². The summed E-state index contributed by atoms with van der Waals surface area (Å²) in [6, 6.07) is 6.37. The van der Waals surface area contributed by atoms with E-state index in [9.17, 15) is 9.59 Å². The van der Waals surface area contributed by atoms with Crippen LogP contribution in [0.3, 0.4) is 0 Å². The summed E-state index contributed by atoms with van der Waals surface area (Å²) in [7, 11) is 0. The van der Waals surface area contributed by atoms with E-state index in [1.807, 2.05) is 13.8 Å². The molecule has 108 valence electrons. The van der Waals surface area contributed by atoms with Gasteiger partial charge in [0, 0.05) is 24.3 Å². The maximum atomic E-state index is 12.2. The second-order valence-electron chi connectivity index (χ2n) is 5.04. The van der Waals surface area contributed by atoms with Crippen molar-refractivity contribution in [2.45, 2.75) is 26.1 Å². The van der Waals surface area contributed by atoms with Crippen LogP contribution in [0, 0.1) is 0 Å². The molecule has 20 heavy (non-hydrogen) atoms. The van der Waals surface area contributed by atoms with Gasteiger partial charge in [-0.1, -0.05) is 6.07 Å². The van der Waals surface area contributed by atoms with Crippen LogP contribution in [-0.2, 0) is 4.74 Å². The number of hydrogen-bond acceptors (Lipinski definition) is 3. The molecule has 2 atom stereocenters. The van der Waals surface area contributed by atoms with Gasteiger partial charge in [-0.25, -0.2) is 4.79 Å². The number of primary amides is 1. The van der Waals surface area contributed by atoms with Crippen LogP contribution in [0.15, 0.2) is 24.3 Å². The Bertz CT molecular complexity index is 508. The molecular weight excluding hydrogens is 258 g/mol. The summed E-state index contributed by atoms with van der Waals surface area (Å²) in [5.41, 5.74) is 6.13. The van der Waals surface area contributed by atoms with Gasteiger partial charge in [0.1, 0.15) is 0 Å². The highest BCUT2D eigenvalue weighted by atomic mass is 16.5. The number of rotatable bonds is 2. The number of nitrogens with one attached hydrogen (secondary N) is 1. The fraction of sp³-hybridized carbons (Fsp3) is 0.429. The number of nitrogens with zero attached hydrogens (tertiary/aromatic N) is 1. The van der Waals surface area contributed by atoms with E-state index in [1.54, 1.807) is 29.2 Å². The summed E-state index contributed by atoms with van der Waals surface area (Å²) in [6.07, 6.45) is 0.0305. The third-order valence-electron chi connectivity index (χ3n) is 3.11. The molecule has 6 heteroatoms. The van der Waals surface area contributed by atoms with Crippen LogP contribution in [-0.4, -0.2) is 42.1 Å². The summed E-state index contributed by atoms with van der Waals surface area (Å²) < 4.78 is 5.58. The standard InChI is InChI=1S/C14H19N3O3/c1-9-7-17(8-10(2)20-9)14(19)16-12-5-3-4-11(6-12)13(15)18/h3-6,9-10H,7-8H2,1-2H3,(H2,15,18)(H,16,19)/t9-,10-/m0/s1. The first-order valence-corrected chi connectivity index (χ1v) is 6.57. The minimum Gasteiger partial charge on any atom is -0.372 e. The molecule has 0 saturated carbocycles. The van der Waals surface area contributed by atoms with Gasteiger partial charge in [0.2, 0.25) is 5.91 Å². The van der Waals surface area contributed by atoms with Crippen molar-refractivity contribution >= 4 is 17.6 Å². The second-order valence-corrected chi connectivity index (χ2v) is 5.04. The van der Waals surface area contributed by atoms with Crippen molar-refractivity contribution in [3.8, 4) is 0 Å². The van der Waals surface area contributed by atoms with Gasteiger partial charge in [-0.15, -0.1) is 0 Å². The molecule has 1 fully saturated rings. The van der Waals surface area contributed by atoms with E-state index in [4.69, 9.17) is 10.5 Å². The van der Waals surface area contributed by atoms with E-state index >= 15 is 0 Å². The highest BCUT2D eigenvalue weighted by molar-refractivity contribution is 5.95. The summed E-state index contributed by atoms with van der Waals surface area (Å²) in [5.74, 6) is -0.519. The quantitative estimate of drug-likeness (QED) is 0.857. The van der Waals surface area contributed by atoms with E-state index < -0.39 is 5.91 Å². The predicted molar refractivity (Wildman–Crippen MR) is 75.6 cm³/mol. The molecule has 0 bridgehead atoms. The molecule has 1 aliphatic rings. The number of nitrogens with two attached hydrogens (primary N) is 1. The fourth-order valence-corrected chi connectivity index (χ4v) is 2.30. The number of morpholine rings is 1. The molecular formula is C14H19N3O3. The lowest BCUT2D eigenvalue weighted by Crippen LogP contribution is -2.49. The van der Waals surface area contributed by atoms with Crippen LogP contribution < -0.4 is 11.1 Å². The average Bonchev–Trinajstić information content (AvgIpc) is 2.37. The number of hydrogen-bond donors (Lipinski definition) is 2. The lowest BCUT2D eigenvalue weighted by Gasteiger charge is -2.35. The molecule has 3 N–H and O–H groups in total. The Labute approximate surface area is 117 Å². The minimum absolute atomic E-state index is 0.0152. The van der Waals surface area contributed by atoms with E-state index in [0.717, 1.165) is 0 Å². The third kappa shape index (κ3) is 3.48. The molecule has 0 aliphatic carbocycles. The normalized spacial score (nSPS) is 22.4. The smallest absolute Gasteiger partial charge is 0.322 e. The van der Waals surface area contributed by atoms with E-state index in [2.05, 4.69) is 5.32 Å². The number of carbonyl (C=O) groups is 2. The Morgan fingerprint density at radius 3 is 2.55 bits per heavy atom. The molecule has 0 radical (unpaired) electrons. The molecule has 1 aliphatic heterocycles.